The number of amides is 1. The number of carbonyl (C=O) groups is 2. The van der Waals surface area contributed by atoms with E-state index in [0.29, 0.717) is 10.6 Å². The van der Waals surface area contributed by atoms with Crippen LogP contribution < -0.4 is 5.32 Å². The second-order valence-electron chi connectivity index (χ2n) is 3.61. The van der Waals surface area contributed by atoms with Gasteiger partial charge in [0, 0.05) is 10.2 Å². The van der Waals surface area contributed by atoms with Crippen LogP contribution in [0.15, 0.2) is 46.3 Å². The highest BCUT2D eigenvalue weighted by Gasteiger charge is 2.10. The molecule has 1 aromatic heterocycles. The fourth-order valence-corrected chi connectivity index (χ4v) is 2.38. The normalized spacial score (nSPS) is 9.95. The number of hydrogen-bond donors (Lipinski definition) is 1. The first-order valence-corrected chi connectivity index (χ1v) is 7.08. The minimum atomic E-state index is -0.487. The van der Waals surface area contributed by atoms with Gasteiger partial charge in [-0.15, -0.1) is 11.3 Å². The molecule has 2 aromatic rings. The van der Waals surface area contributed by atoms with Gasteiger partial charge in [0.2, 0.25) is 0 Å². The largest absolute Gasteiger partial charge is 0.451 e. The predicted molar refractivity (Wildman–Crippen MR) is 77.4 cm³/mol. The Morgan fingerprint density at radius 1 is 1.26 bits per heavy atom. The Balaban J connectivity index is 1.83. The molecule has 2 rings (SSSR count). The number of ether oxygens (including phenoxy) is 1. The fourth-order valence-electron chi connectivity index (χ4n) is 1.36. The van der Waals surface area contributed by atoms with Crippen molar-refractivity contribution >= 4 is 44.8 Å². The van der Waals surface area contributed by atoms with Crippen molar-refractivity contribution in [3.8, 4) is 0 Å². The van der Waals surface area contributed by atoms with Crippen LogP contribution in [0.5, 0.6) is 0 Å². The van der Waals surface area contributed by atoms with E-state index in [1.54, 1.807) is 35.7 Å². The molecule has 0 aliphatic rings. The van der Waals surface area contributed by atoms with Crippen LogP contribution in [0, 0.1) is 0 Å². The highest BCUT2D eigenvalue weighted by atomic mass is 79.9. The van der Waals surface area contributed by atoms with Crippen molar-refractivity contribution < 1.29 is 14.3 Å². The smallest absolute Gasteiger partial charge is 0.348 e. The second kappa shape index (κ2) is 6.49. The molecule has 1 N–H and O–H groups in total. The third-order valence-corrected chi connectivity index (χ3v) is 3.51. The Morgan fingerprint density at radius 2 is 2.11 bits per heavy atom. The van der Waals surface area contributed by atoms with E-state index in [4.69, 9.17) is 4.74 Å². The summed E-state index contributed by atoms with van der Waals surface area (Å²) in [6, 6.07) is 10.6. The number of anilines is 1. The van der Waals surface area contributed by atoms with Crippen molar-refractivity contribution in [2.24, 2.45) is 0 Å². The van der Waals surface area contributed by atoms with Crippen molar-refractivity contribution in [1.82, 2.24) is 0 Å². The van der Waals surface area contributed by atoms with Crippen molar-refractivity contribution in [3.63, 3.8) is 0 Å². The van der Waals surface area contributed by atoms with Crippen LogP contribution in [-0.2, 0) is 9.53 Å². The zero-order valence-electron chi connectivity index (χ0n) is 9.76. The zero-order chi connectivity index (χ0) is 13.7. The molecule has 98 valence electrons. The molecular formula is C13H10BrNO3S. The van der Waals surface area contributed by atoms with Crippen LogP contribution in [0.2, 0.25) is 0 Å². The maximum absolute atomic E-state index is 11.6. The van der Waals surface area contributed by atoms with Crippen LogP contribution in [0.4, 0.5) is 5.69 Å². The van der Waals surface area contributed by atoms with Gasteiger partial charge >= 0.3 is 5.97 Å². The highest BCUT2D eigenvalue weighted by Crippen LogP contribution is 2.15. The Morgan fingerprint density at radius 3 is 2.79 bits per heavy atom. The van der Waals surface area contributed by atoms with Gasteiger partial charge in [0.05, 0.1) is 0 Å². The lowest BCUT2D eigenvalue weighted by Gasteiger charge is -2.06. The topological polar surface area (TPSA) is 55.4 Å². The van der Waals surface area contributed by atoms with Gasteiger partial charge in [-0.05, 0) is 29.6 Å². The number of carbonyl (C=O) groups excluding carboxylic acids is 2. The molecule has 0 bridgehead atoms. The quantitative estimate of drug-likeness (QED) is 0.869. The minimum absolute atomic E-state index is 0.302. The van der Waals surface area contributed by atoms with Gasteiger partial charge in [-0.2, -0.15) is 0 Å². The number of thiophene rings is 1. The first-order valence-electron chi connectivity index (χ1n) is 5.41. The predicted octanol–water partition coefficient (Wildman–Crippen LogP) is 3.31. The number of benzene rings is 1. The molecule has 0 fully saturated rings. The molecule has 1 amide bonds. The van der Waals surface area contributed by atoms with E-state index < -0.39 is 5.97 Å². The Kier molecular flexibility index (Phi) is 4.70. The van der Waals surface area contributed by atoms with Gasteiger partial charge in [0.15, 0.2) is 6.61 Å². The number of nitrogens with one attached hydrogen (secondary N) is 1. The average molecular weight is 340 g/mol. The van der Waals surface area contributed by atoms with E-state index in [-0.39, 0.29) is 12.5 Å². The summed E-state index contributed by atoms with van der Waals surface area (Å²) in [7, 11) is 0. The third kappa shape index (κ3) is 4.18. The molecule has 0 unspecified atom stereocenters. The van der Waals surface area contributed by atoms with Crippen molar-refractivity contribution in [2.75, 3.05) is 11.9 Å². The second-order valence-corrected chi connectivity index (χ2v) is 5.48. The monoisotopic (exact) mass is 339 g/mol. The molecule has 0 saturated heterocycles. The first-order chi connectivity index (χ1) is 9.15. The lowest BCUT2D eigenvalue weighted by molar-refractivity contribution is -0.119. The molecule has 0 spiro atoms. The molecule has 0 aliphatic heterocycles. The molecular weight excluding hydrogens is 330 g/mol. The number of rotatable bonds is 4. The van der Waals surface area contributed by atoms with E-state index in [0.717, 1.165) is 4.47 Å². The molecule has 0 atom stereocenters. The first kappa shape index (κ1) is 13.8. The highest BCUT2D eigenvalue weighted by molar-refractivity contribution is 9.10. The summed E-state index contributed by atoms with van der Waals surface area (Å²) < 4.78 is 5.76. The molecule has 1 heterocycles. The van der Waals surface area contributed by atoms with E-state index in [1.165, 1.54) is 11.3 Å². The average Bonchev–Trinajstić information content (AvgIpc) is 2.90. The Labute approximate surface area is 122 Å². The lowest BCUT2D eigenvalue weighted by atomic mass is 10.3. The van der Waals surface area contributed by atoms with Crippen LogP contribution in [0.1, 0.15) is 9.67 Å². The molecule has 1 aromatic carbocycles. The summed E-state index contributed by atoms with van der Waals surface area (Å²) in [6.45, 7) is -0.302. The maximum atomic E-state index is 11.6. The van der Waals surface area contributed by atoms with Crippen LogP contribution in [0.3, 0.4) is 0 Å². The van der Waals surface area contributed by atoms with Crippen LogP contribution >= 0.6 is 27.3 Å². The SMILES string of the molecule is O=C(COC(=O)c1cccs1)Nc1cccc(Br)c1. The van der Waals surface area contributed by atoms with Crippen LogP contribution in [0.25, 0.3) is 0 Å². The number of esters is 1. The minimum Gasteiger partial charge on any atom is -0.451 e. The molecule has 6 heteroatoms. The van der Waals surface area contributed by atoms with E-state index >= 15 is 0 Å². The van der Waals surface area contributed by atoms with Gasteiger partial charge in [0.25, 0.3) is 5.91 Å². The number of hydrogen-bond acceptors (Lipinski definition) is 4. The van der Waals surface area contributed by atoms with Gasteiger partial charge in [0.1, 0.15) is 4.88 Å². The Hall–Kier alpha value is -1.66. The summed E-state index contributed by atoms with van der Waals surface area (Å²) in [5.41, 5.74) is 0.645. The number of halogens is 1. The van der Waals surface area contributed by atoms with E-state index in [2.05, 4.69) is 21.2 Å². The summed E-state index contributed by atoms with van der Waals surface area (Å²) in [4.78, 5) is 23.6. The third-order valence-electron chi connectivity index (χ3n) is 2.17. The molecule has 0 aliphatic carbocycles. The van der Waals surface area contributed by atoms with Crippen molar-refractivity contribution in [2.45, 2.75) is 0 Å². The summed E-state index contributed by atoms with van der Waals surface area (Å²) >= 11 is 4.58. The maximum Gasteiger partial charge on any atom is 0.348 e. The van der Waals surface area contributed by atoms with E-state index in [1.807, 2.05) is 6.07 Å². The fraction of sp³-hybridized carbons (Fsp3) is 0.0769. The van der Waals surface area contributed by atoms with E-state index in [9.17, 15) is 9.59 Å². The Bertz CT molecular complexity index is 583. The lowest BCUT2D eigenvalue weighted by Crippen LogP contribution is -2.20. The molecule has 19 heavy (non-hydrogen) atoms. The van der Waals surface area contributed by atoms with Crippen LogP contribution in [-0.4, -0.2) is 18.5 Å². The molecule has 4 nitrogen and oxygen atoms in total. The molecule has 0 radical (unpaired) electrons. The van der Waals surface area contributed by atoms with Gasteiger partial charge in [-0.1, -0.05) is 28.1 Å². The van der Waals surface area contributed by atoms with Gasteiger partial charge < -0.3 is 10.1 Å². The molecule has 0 saturated carbocycles. The van der Waals surface area contributed by atoms with Crippen molar-refractivity contribution in [3.05, 3.63) is 51.1 Å². The van der Waals surface area contributed by atoms with Gasteiger partial charge in [-0.25, -0.2) is 4.79 Å². The summed E-state index contributed by atoms with van der Waals surface area (Å²) in [5, 5.41) is 4.42. The summed E-state index contributed by atoms with van der Waals surface area (Å²) in [6.07, 6.45) is 0. The van der Waals surface area contributed by atoms with Gasteiger partial charge in [-0.3, -0.25) is 4.79 Å². The standard InChI is InChI=1S/C13H10BrNO3S/c14-9-3-1-4-10(7-9)15-12(16)8-18-13(17)11-5-2-6-19-11/h1-7H,8H2,(H,15,16). The zero-order valence-corrected chi connectivity index (χ0v) is 12.2. The van der Waals surface area contributed by atoms with Crippen molar-refractivity contribution in [1.29, 1.82) is 0 Å². The summed E-state index contributed by atoms with van der Waals surface area (Å²) in [5.74, 6) is -0.859.